The van der Waals surface area contributed by atoms with Crippen molar-refractivity contribution in [3.8, 4) is 5.69 Å². The standard InChI is InChI=1S/C20H22FN3O2S/c1-14-11-20-16(13-22-24(20)18-5-3-17(21)4-6-18)12-19(14)15-7-9-23(10-8-15)27(2,25)26/h3-6,11-13,15H,7-10H2,1-2H3. The quantitative estimate of drug-likeness (QED) is 0.690. The van der Waals surface area contributed by atoms with Gasteiger partial charge in [0.15, 0.2) is 0 Å². The van der Waals surface area contributed by atoms with Gasteiger partial charge in [0.05, 0.1) is 23.7 Å². The van der Waals surface area contributed by atoms with Gasteiger partial charge >= 0.3 is 0 Å². The molecule has 5 nitrogen and oxygen atoms in total. The van der Waals surface area contributed by atoms with Crippen molar-refractivity contribution in [3.63, 3.8) is 0 Å². The Balaban J connectivity index is 1.65. The summed E-state index contributed by atoms with van der Waals surface area (Å²) < 4.78 is 40.0. The van der Waals surface area contributed by atoms with Crippen LogP contribution in [0.4, 0.5) is 4.39 Å². The van der Waals surface area contributed by atoms with E-state index < -0.39 is 10.0 Å². The minimum absolute atomic E-state index is 0.269. The molecule has 0 spiro atoms. The second-order valence-corrected chi connectivity index (χ2v) is 9.22. The molecule has 0 atom stereocenters. The van der Waals surface area contributed by atoms with Gasteiger partial charge in [-0.2, -0.15) is 5.10 Å². The van der Waals surface area contributed by atoms with Crippen LogP contribution < -0.4 is 0 Å². The van der Waals surface area contributed by atoms with Crippen LogP contribution in [-0.4, -0.2) is 41.8 Å². The Morgan fingerprint density at radius 1 is 1.11 bits per heavy atom. The third-order valence-corrected chi connectivity index (χ3v) is 6.69. The summed E-state index contributed by atoms with van der Waals surface area (Å²) in [7, 11) is -3.11. The first-order valence-electron chi connectivity index (χ1n) is 9.02. The molecule has 1 aliphatic rings. The average Bonchev–Trinajstić information content (AvgIpc) is 3.04. The molecule has 7 heteroatoms. The van der Waals surface area contributed by atoms with Crippen LogP contribution in [0, 0.1) is 12.7 Å². The highest BCUT2D eigenvalue weighted by atomic mass is 32.2. The molecule has 2 heterocycles. The molecule has 0 bridgehead atoms. The number of nitrogens with zero attached hydrogens (tertiary/aromatic N) is 3. The average molecular weight is 387 g/mol. The molecular weight excluding hydrogens is 365 g/mol. The maximum absolute atomic E-state index is 13.2. The molecular formula is C20H22FN3O2S. The molecule has 0 saturated carbocycles. The first-order chi connectivity index (χ1) is 12.8. The fraction of sp³-hybridized carbons (Fsp3) is 0.350. The Hall–Kier alpha value is -2.25. The SMILES string of the molecule is Cc1cc2c(cnn2-c2ccc(F)cc2)cc1C1CCN(S(C)(=O)=O)CC1. The Labute approximate surface area is 158 Å². The van der Waals surface area contributed by atoms with Crippen molar-refractivity contribution in [2.75, 3.05) is 19.3 Å². The monoisotopic (exact) mass is 387 g/mol. The Morgan fingerprint density at radius 2 is 1.78 bits per heavy atom. The molecule has 142 valence electrons. The predicted octanol–water partition coefficient (Wildman–Crippen LogP) is 3.61. The number of piperidine rings is 1. The van der Waals surface area contributed by atoms with Crippen LogP contribution in [0.25, 0.3) is 16.6 Å². The number of hydrogen-bond acceptors (Lipinski definition) is 3. The van der Waals surface area contributed by atoms with Gasteiger partial charge in [-0.25, -0.2) is 21.8 Å². The summed E-state index contributed by atoms with van der Waals surface area (Å²) in [5.41, 5.74) is 4.23. The second kappa shape index (κ2) is 6.73. The number of fused-ring (bicyclic) bond motifs is 1. The van der Waals surface area contributed by atoms with E-state index in [4.69, 9.17) is 0 Å². The molecule has 1 saturated heterocycles. The molecule has 3 aromatic rings. The summed E-state index contributed by atoms with van der Waals surface area (Å²) in [5, 5.41) is 5.51. The van der Waals surface area contributed by atoms with Crippen molar-refractivity contribution >= 4 is 20.9 Å². The maximum Gasteiger partial charge on any atom is 0.211 e. The third kappa shape index (κ3) is 3.49. The van der Waals surface area contributed by atoms with E-state index in [1.54, 1.807) is 16.4 Å². The highest BCUT2D eigenvalue weighted by Gasteiger charge is 2.27. The van der Waals surface area contributed by atoms with Crippen molar-refractivity contribution in [3.05, 3.63) is 59.5 Å². The zero-order valence-electron chi connectivity index (χ0n) is 15.4. The van der Waals surface area contributed by atoms with Crippen LogP contribution in [0.2, 0.25) is 0 Å². The lowest BCUT2D eigenvalue weighted by atomic mass is 9.87. The van der Waals surface area contributed by atoms with Crippen molar-refractivity contribution in [2.24, 2.45) is 0 Å². The van der Waals surface area contributed by atoms with Crippen molar-refractivity contribution in [1.82, 2.24) is 14.1 Å². The van der Waals surface area contributed by atoms with Gasteiger partial charge in [0.25, 0.3) is 0 Å². The Morgan fingerprint density at radius 3 is 2.41 bits per heavy atom. The van der Waals surface area contributed by atoms with Crippen LogP contribution >= 0.6 is 0 Å². The number of benzene rings is 2. The smallest absolute Gasteiger partial charge is 0.211 e. The molecule has 0 amide bonds. The Bertz CT molecular complexity index is 1080. The molecule has 0 unspecified atom stereocenters. The molecule has 0 aliphatic carbocycles. The van der Waals surface area contributed by atoms with Crippen molar-refractivity contribution in [2.45, 2.75) is 25.7 Å². The van der Waals surface area contributed by atoms with Crippen molar-refractivity contribution in [1.29, 1.82) is 0 Å². The molecule has 1 aromatic heterocycles. The molecule has 0 radical (unpaired) electrons. The summed E-state index contributed by atoms with van der Waals surface area (Å²) in [6, 6.07) is 10.6. The van der Waals surface area contributed by atoms with Gasteiger partial charge in [0, 0.05) is 18.5 Å². The fourth-order valence-corrected chi connectivity index (χ4v) is 4.80. The number of hydrogen-bond donors (Lipinski definition) is 0. The number of rotatable bonds is 3. The molecule has 2 aromatic carbocycles. The van der Waals surface area contributed by atoms with Crippen LogP contribution in [0.15, 0.2) is 42.6 Å². The predicted molar refractivity (Wildman–Crippen MR) is 104 cm³/mol. The molecule has 4 rings (SSSR count). The van der Waals surface area contributed by atoms with Gasteiger partial charge in [-0.3, -0.25) is 0 Å². The topological polar surface area (TPSA) is 55.2 Å². The number of aromatic nitrogens is 2. The molecule has 1 fully saturated rings. The van der Waals surface area contributed by atoms with Crippen LogP contribution in [0.5, 0.6) is 0 Å². The van der Waals surface area contributed by atoms with Crippen LogP contribution in [0.3, 0.4) is 0 Å². The minimum atomic E-state index is -3.11. The third-order valence-electron chi connectivity index (χ3n) is 5.39. The summed E-state index contributed by atoms with van der Waals surface area (Å²) in [6.07, 6.45) is 4.75. The van der Waals surface area contributed by atoms with Gasteiger partial charge in [0.2, 0.25) is 10.0 Å². The van der Waals surface area contributed by atoms with E-state index in [9.17, 15) is 12.8 Å². The summed E-state index contributed by atoms with van der Waals surface area (Å²) in [5.74, 6) is 0.0793. The zero-order valence-corrected chi connectivity index (χ0v) is 16.2. The summed E-state index contributed by atoms with van der Waals surface area (Å²) in [4.78, 5) is 0. The molecule has 1 aliphatic heterocycles. The second-order valence-electron chi connectivity index (χ2n) is 7.24. The number of sulfonamides is 1. The summed E-state index contributed by atoms with van der Waals surface area (Å²) >= 11 is 0. The van der Waals surface area contributed by atoms with E-state index >= 15 is 0 Å². The highest BCUT2D eigenvalue weighted by Crippen LogP contribution is 2.33. The molecule has 0 N–H and O–H groups in total. The van der Waals surface area contributed by atoms with E-state index in [1.807, 2.05) is 10.9 Å². The van der Waals surface area contributed by atoms with Crippen LogP contribution in [-0.2, 0) is 10.0 Å². The van der Waals surface area contributed by atoms with Gasteiger partial charge in [-0.15, -0.1) is 0 Å². The maximum atomic E-state index is 13.2. The van der Waals surface area contributed by atoms with Gasteiger partial charge < -0.3 is 0 Å². The number of aryl methyl sites for hydroxylation is 1. The van der Waals surface area contributed by atoms with Gasteiger partial charge in [-0.05, 0) is 73.2 Å². The normalized spacial score (nSPS) is 16.9. The van der Waals surface area contributed by atoms with E-state index in [0.717, 1.165) is 29.4 Å². The summed E-state index contributed by atoms with van der Waals surface area (Å²) in [6.45, 7) is 3.21. The first kappa shape index (κ1) is 18.1. The lowest BCUT2D eigenvalue weighted by Crippen LogP contribution is -2.37. The Kier molecular flexibility index (Phi) is 4.52. The first-order valence-corrected chi connectivity index (χ1v) is 10.9. The lowest BCUT2D eigenvalue weighted by molar-refractivity contribution is 0.321. The van der Waals surface area contributed by atoms with Gasteiger partial charge in [-0.1, -0.05) is 0 Å². The fourth-order valence-electron chi connectivity index (χ4n) is 3.92. The lowest BCUT2D eigenvalue weighted by Gasteiger charge is -2.31. The largest absolute Gasteiger partial charge is 0.233 e. The molecule has 27 heavy (non-hydrogen) atoms. The van der Waals surface area contributed by atoms with Crippen LogP contribution in [0.1, 0.15) is 29.9 Å². The van der Waals surface area contributed by atoms with E-state index in [2.05, 4.69) is 24.2 Å². The number of halogens is 1. The zero-order chi connectivity index (χ0) is 19.2. The van der Waals surface area contributed by atoms with Gasteiger partial charge in [0.1, 0.15) is 5.82 Å². The minimum Gasteiger partial charge on any atom is -0.233 e. The van der Waals surface area contributed by atoms with E-state index in [1.165, 1.54) is 29.5 Å². The van der Waals surface area contributed by atoms with E-state index in [0.29, 0.717) is 19.0 Å². The van der Waals surface area contributed by atoms with E-state index in [-0.39, 0.29) is 5.82 Å². The highest BCUT2D eigenvalue weighted by molar-refractivity contribution is 7.88. The van der Waals surface area contributed by atoms with Crippen molar-refractivity contribution < 1.29 is 12.8 Å².